The monoisotopic (exact) mass is 278 g/mol. The molecule has 1 unspecified atom stereocenters. The standard InChI is InChI=1S/C15H16F2N2O/c16-13-8-4-7-12(15(13)17)14(19-18)9-10-20-11-5-2-1-3-6-11/h1-8,14,19H,9-10,18H2. The molecule has 0 aliphatic carbocycles. The molecule has 0 radical (unpaired) electrons. The number of hydrogen-bond acceptors (Lipinski definition) is 3. The van der Waals surface area contributed by atoms with E-state index in [9.17, 15) is 8.78 Å². The zero-order chi connectivity index (χ0) is 14.4. The van der Waals surface area contributed by atoms with Crippen molar-refractivity contribution in [1.29, 1.82) is 0 Å². The van der Waals surface area contributed by atoms with Gasteiger partial charge in [-0.15, -0.1) is 0 Å². The van der Waals surface area contributed by atoms with Crippen LogP contribution in [-0.4, -0.2) is 6.61 Å². The summed E-state index contributed by atoms with van der Waals surface area (Å²) < 4.78 is 32.4. The predicted molar refractivity (Wildman–Crippen MR) is 73.0 cm³/mol. The molecule has 0 saturated heterocycles. The Balaban J connectivity index is 1.97. The maximum absolute atomic E-state index is 13.7. The summed E-state index contributed by atoms with van der Waals surface area (Å²) in [5.74, 6) is 4.37. The van der Waals surface area contributed by atoms with Crippen LogP contribution in [0, 0.1) is 11.6 Å². The maximum atomic E-state index is 13.7. The fourth-order valence-corrected chi connectivity index (χ4v) is 1.93. The van der Waals surface area contributed by atoms with Crippen LogP contribution in [0.15, 0.2) is 48.5 Å². The molecule has 0 amide bonds. The van der Waals surface area contributed by atoms with E-state index in [1.54, 1.807) is 0 Å². The Morgan fingerprint density at radius 3 is 2.50 bits per heavy atom. The van der Waals surface area contributed by atoms with Crippen LogP contribution in [0.2, 0.25) is 0 Å². The van der Waals surface area contributed by atoms with Crippen molar-refractivity contribution in [3.8, 4) is 5.75 Å². The lowest BCUT2D eigenvalue weighted by molar-refractivity contribution is 0.284. The Kier molecular flexibility index (Phi) is 5.03. The summed E-state index contributed by atoms with van der Waals surface area (Å²) in [6.45, 7) is 0.342. The van der Waals surface area contributed by atoms with Gasteiger partial charge in [0, 0.05) is 12.0 Å². The van der Waals surface area contributed by atoms with Gasteiger partial charge in [0.25, 0.3) is 0 Å². The fourth-order valence-electron chi connectivity index (χ4n) is 1.93. The molecule has 0 saturated carbocycles. The molecule has 2 rings (SSSR count). The van der Waals surface area contributed by atoms with Crippen LogP contribution in [-0.2, 0) is 0 Å². The summed E-state index contributed by atoms with van der Waals surface area (Å²) in [7, 11) is 0. The summed E-state index contributed by atoms with van der Waals surface area (Å²) >= 11 is 0. The minimum Gasteiger partial charge on any atom is -0.494 e. The molecule has 0 aliphatic rings. The van der Waals surface area contributed by atoms with E-state index in [1.165, 1.54) is 12.1 Å². The van der Waals surface area contributed by atoms with Crippen molar-refractivity contribution >= 4 is 0 Å². The van der Waals surface area contributed by atoms with Crippen LogP contribution in [0.4, 0.5) is 8.78 Å². The highest BCUT2D eigenvalue weighted by atomic mass is 19.2. The lowest BCUT2D eigenvalue weighted by atomic mass is 10.0. The Hall–Kier alpha value is -1.98. The molecule has 3 nitrogen and oxygen atoms in total. The first-order valence-corrected chi connectivity index (χ1v) is 6.30. The topological polar surface area (TPSA) is 47.3 Å². The third kappa shape index (κ3) is 3.53. The van der Waals surface area contributed by atoms with Crippen molar-refractivity contribution in [3.63, 3.8) is 0 Å². The number of ether oxygens (including phenoxy) is 1. The van der Waals surface area contributed by atoms with E-state index in [2.05, 4.69) is 5.43 Å². The second-order valence-electron chi connectivity index (χ2n) is 4.31. The van der Waals surface area contributed by atoms with Gasteiger partial charge in [0.15, 0.2) is 11.6 Å². The third-order valence-electron chi connectivity index (χ3n) is 2.98. The average molecular weight is 278 g/mol. The van der Waals surface area contributed by atoms with E-state index >= 15 is 0 Å². The van der Waals surface area contributed by atoms with Gasteiger partial charge < -0.3 is 4.74 Å². The van der Waals surface area contributed by atoms with E-state index in [1.807, 2.05) is 30.3 Å². The van der Waals surface area contributed by atoms with Crippen LogP contribution in [0.1, 0.15) is 18.0 Å². The first-order valence-electron chi connectivity index (χ1n) is 6.30. The molecule has 106 valence electrons. The molecule has 0 fully saturated rings. The van der Waals surface area contributed by atoms with Crippen molar-refractivity contribution in [2.24, 2.45) is 5.84 Å². The lowest BCUT2D eigenvalue weighted by Crippen LogP contribution is -2.30. The molecular formula is C15H16F2N2O. The highest BCUT2D eigenvalue weighted by molar-refractivity contribution is 5.23. The molecule has 3 N–H and O–H groups in total. The van der Waals surface area contributed by atoms with Gasteiger partial charge >= 0.3 is 0 Å². The molecule has 1 atom stereocenters. The smallest absolute Gasteiger partial charge is 0.163 e. The highest BCUT2D eigenvalue weighted by Gasteiger charge is 2.17. The Morgan fingerprint density at radius 1 is 1.05 bits per heavy atom. The van der Waals surface area contributed by atoms with Crippen LogP contribution >= 0.6 is 0 Å². The fraction of sp³-hybridized carbons (Fsp3) is 0.200. The Morgan fingerprint density at radius 2 is 1.80 bits per heavy atom. The minimum atomic E-state index is -0.883. The summed E-state index contributed by atoms with van der Waals surface area (Å²) in [5.41, 5.74) is 2.68. The summed E-state index contributed by atoms with van der Waals surface area (Å²) in [6, 6.07) is 12.8. The number of halogens is 2. The molecule has 2 aromatic rings. The number of hydrogen-bond donors (Lipinski definition) is 2. The molecular weight excluding hydrogens is 262 g/mol. The average Bonchev–Trinajstić information content (AvgIpc) is 2.48. The number of hydrazine groups is 1. The minimum absolute atomic E-state index is 0.198. The maximum Gasteiger partial charge on any atom is 0.163 e. The van der Waals surface area contributed by atoms with E-state index in [4.69, 9.17) is 10.6 Å². The van der Waals surface area contributed by atoms with Crippen LogP contribution in [0.5, 0.6) is 5.75 Å². The van der Waals surface area contributed by atoms with E-state index in [0.717, 1.165) is 11.8 Å². The SMILES string of the molecule is NNC(CCOc1ccccc1)c1cccc(F)c1F. The predicted octanol–water partition coefficient (Wildman–Crippen LogP) is 2.94. The van der Waals surface area contributed by atoms with Gasteiger partial charge in [-0.2, -0.15) is 0 Å². The molecule has 0 aromatic heterocycles. The Bertz CT molecular complexity index is 549. The van der Waals surface area contributed by atoms with Gasteiger partial charge in [0.2, 0.25) is 0 Å². The van der Waals surface area contributed by atoms with Gasteiger partial charge in [-0.25, -0.2) is 8.78 Å². The molecule has 0 bridgehead atoms. The second kappa shape index (κ2) is 6.98. The molecule has 0 heterocycles. The number of rotatable bonds is 6. The molecule has 0 spiro atoms. The summed E-state index contributed by atoms with van der Waals surface area (Å²) in [5, 5.41) is 0. The number of nitrogens with one attached hydrogen (secondary N) is 1. The van der Waals surface area contributed by atoms with Crippen molar-refractivity contribution in [2.45, 2.75) is 12.5 Å². The normalized spacial score (nSPS) is 12.2. The van der Waals surface area contributed by atoms with Gasteiger partial charge in [0.1, 0.15) is 5.75 Å². The van der Waals surface area contributed by atoms with Crippen molar-refractivity contribution in [2.75, 3.05) is 6.61 Å². The zero-order valence-corrected chi connectivity index (χ0v) is 10.9. The van der Waals surface area contributed by atoms with Crippen molar-refractivity contribution < 1.29 is 13.5 Å². The van der Waals surface area contributed by atoms with E-state index in [-0.39, 0.29) is 5.56 Å². The first kappa shape index (κ1) is 14.4. The van der Waals surface area contributed by atoms with Gasteiger partial charge in [-0.3, -0.25) is 11.3 Å². The number of nitrogens with two attached hydrogens (primary N) is 1. The number of para-hydroxylation sites is 1. The number of benzene rings is 2. The van der Waals surface area contributed by atoms with Gasteiger partial charge in [-0.05, 0) is 18.2 Å². The van der Waals surface area contributed by atoms with Gasteiger partial charge in [0.05, 0.1) is 12.6 Å². The quantitative estimate of drug-likeness (QED) is 0.631. The van der Waals surface area contributed by atoms with Crippen LogP contribution < -0.4 is 16.0 Å². The Labute approximate surface area is 116 Å². The molecule has 5 heteroatoms. The highest BCUT2D eigenvalue weighted by Crippen LogP contribution is 2.21. The second-order valence-corrected chi connectivity index (χ2v) is 4.31. The first-order chi connectivity index (χ1) is 9.72. The summed E-state index contributed by atoms with van der Waals surface area (Å²) in [6.07, 6.45) is 0.422. The largest absolute Gasteiger partial charge is 0.494 e. The lowest BCUT2D eigenvalue weighted by Gasteiger charge is -2.17. The summed E-state index contributed by atoms with van der Waals surface area (Å²) in [4.78, 5) is 0. The molecule has 20 heavy (non-hydrogen) atoms. The van der Waals surface area contributed by atoms with Crippen LogP contribution in [0.3, 0.4) is 0 Å². The van der Waals surface area contributed by atoms with E-state index < -0.39 is 17.7 Å². The van der Waals surface area contributed by atoms with Gasteiger partial charge in [-0.1, -0.05) is 30.3 Å². The van der Waals surface area contributed by atoms with Crippen LogP contribution in [0.25, 0.3) is 0 Å². The molecule has 2 aromatic carbocycles. The van der Waals surface area contributed by atoms with Crippen molar-refractivity contribution in [3.05, 3.63) is 65.7 Å². The zero-order valence-electron chi connectivity index (χ0n) is 10.9. The van der Waals surface area contributed by atoms with Crippen molar-refractivity contribution in [1.82, 2.24) is 5.43 Å². The molecule has 0 aliphatic heterocycles. The third-order valence-corrected chi connectivity index (χ3v) is 2.98. The van der Waals surface area contributed by atoms with E-state index in [0.29, 0.717) is 13.0 Å².